The van der Waals surface area contributed by atoms with Gasteiger partial charge in [0.05, 0.1) is 6.61 Å². The number of ether oxygens (including phenoxy) is 1. The predicted octanol–water partition coefficient (Wildman–Crippen LogP) is 11.8. The van der Waals surface area contributed by atoms with E-state index in [1.807, 2.05) is 0 Å². The molecular formula is C34H64O2. The van der Waals surface area contributed by atoms with Crippen molar-refractivity contribution < 1.29 is 9.53 Å². The molecule has 36 heavy (non-hydrogen) atoms. The van der Waals surface area contributed by atoms with Crippen molar-refractivity contribution in [1.82, 2.24) is 0 Å². The van der Waals surface area contributed by atoms with Gasteiger partial charge in [0.25, 0.3) is 0 Å². The summed E-state index contributed by atoms with van der Waals surface area (Å²) in [5, 5.41) is 0. The summed E-state index contributed by atoms with van der Waals surface area (Å²) >= 11 is 0. The Labute approximate surface area is 227 Å². The van der Waals surface area contributed by atoms with E-state index in [1.165, 1.54) is 141 Å². The molecule has 212 valence electrons. The van der Waals surface area contributed by atoms with Crippen LogP contribution < -0.4 is 0 Å². The molecule has 0 spiro atoms. The Morgan fingerprint density at radius 3 is 1.39 bits per heavy atom. The second-order valence-electron chi connectivity index (χ2n) is 10.8. The van der Waals surface area contributed by atoms with Crippen molar-refractivity contribution in [3.05, 3.63) is 24.3 Å². The van der Waals surface area contributed by atoms with Crippen LogP contribution in [0.1, 0.15) is 181 Å². The maximum Gasteiger partial charge on any atom is 0.305 e. The molecule has 0 amide bonds. The molecule has 0 aromatic heterocycles. The second kappa shape index (κ2) is 32.0. The van der Waals surface area contributed by atoms with Crippen molar-refractivity contribution in [3.63, 3.8) is 0 Å². The average molecular weight is 505 g/mol. The first kappa shape index (κ1) is 35.0. The van der Waals surface area contributed by atoms with Gasteiger partial charge in [0.1, 0.15) is 0 Å². The van der Waals surface area contributed by atoms with Crippen LogP contribution in [0.5, 0.6) is 0 Å². The zero-order valence-corrected chi connectivity index (χ0v) is 24.7. The monoisotopic (exact) mass is 504 g/mol. The molecule has 0 fully saturated rings. The molecule has 0 aliphatic carbocycles. The van der Waals surface area contributed by atoms with Crippen LogP contribution in [0, 0.1) is 0 Å². The maximum absolute atomic E-state index is 11.9. The van der Waals surface area contributed by atoms with E-state index in [-0.39, 0.29) is 5.97 Å². The predicted molar refractivity (Wildman–Crippen MR) is 161 cm³/mol. The van der Waals surface area contributed by atoms with Crippen molar-refractivity contribution in [2.45, 2.75) is 181 Å². The van der Waals surface area contributed by atoms with Crippen molar-refractivity contribution in [2.24, 2.45) is 0 Å². The molecule has 0 aromatic carbocycles. The Kier molecular flexibility index (Phi) is 31.0. The molecule has 0 saturated heterocycles. The molecule has 0 heterocycles. The third kappa shape index (κ3) is 31.0. The highest BCUT2D eigenvalue weighted by molar-refractivity contribution is 5.69. The standard InChI is InChI=1S/C34H64O2/c1-3-5-7-9-11-13-15-17-18-19-21-23-25-27-29-31-33-36-34(35)32-30-28-26-24-22-20-16-14-12-10-8-6-4-2/h11,13,17-18H,3-10,12,14-16,19-33H2,1-2H3/b13-11-,18-17+. The third-order valence-corrected chi connectivity index (χ3v) is 7.09. The minimum atomic E-state index is 0.0145. The van der Waals surface area contributed by atoms with Gasteiger partial charge in [-0.25, -0.2) is 0 Å². The fourth-order valence-electron chi connectivity index (χ4n) is 4.64. The van der Waals surface area contributed by atoms with Gasteiger partial charge in [-0.2, -0.15) is 0 Å². The number of esters is 1. The summed E-state index contributed by atoms with van der Waals surface area (Å²) in [5.41, 5.74) is 0. The molecule has 0 unspecified atom stereocenters. The molecule has 0 N–H and O–H groups in total. The lowest BCUT2D eigenvalue weighted by Gasteiger charge is -2.05. The average Bonchev–Trinajstić information content (AvgIpc) is 2.88. The van der Waals surface area contributed by atoms with Crippen molar-refractivity contribution >= 4 is 5.97 Å². The summed E-state index contributed by atoms with van der Waals surface area (Å²) in [5.74, 6) is 0.0145. The van der Waals surface area contributed by atoms with Crippen molar-refractivity contribution in [2.75, 3.05) is 6.61 Å². The Morgan fingerprint density at radius 2 is 0.861 bits per heavy atom. The normalized spacial score (nSPS) is 11.7. The van der Waals surface area contributed by atoms with E-state index >= 15 is 0 Å². The molecule has 0 saturated carbocycles. The lowest BCUT2D eigenvalue weighted by Crippen LogP contribution is -2.05. The van der Waals surface area contributed by atoms with E-state index < -0.39 is 0 Å². The number of carbonyl (C=O) groups is 1. The molecular weight excluding hydrogens is 440 g/mol. The molecule has 0 bridgehead atoms. The molecule has 2 nitrogen and oxygen atoms in total. The highest BCUT2D eigenvalue weighted by Gasteiger charge is 2.02. The van der Waals surface area contributed by atoms with E-state index in [4.69, 9.17) is 4.74 Å². The minimum Gasteiger partial charge on any atom is -0.466 e. The smallest absolute Gasteiger partial charge is 0.305 e. The van der Waals surface area contributed by atoms with Crippen LogP contribution in [0.25, 0.3) is 0 Å². The third-order valence-electron chi connectivity index (χ3n) is 7.09. The van der Waals surface area contributed by atoms with Crippen molar-refractivity contribution in [1.29, 1.82) is 0 Å². The fourth-order valence-corrected chi connectivity index (χ4v) is 4.64. The first-order valence-corrected chi connectivity index (χ1v) is 16.3. The largest absolute Gasteiger partial charge is 0.466 e. The highest BCUT2D eigenvalue weighted by Crippen LogP contribution is 2.13. The van der Waals surface area contributed by atoms with Gasteiger partial charge in [0, 0.05) is 6.42 Å². The summed E-state index contributed by atoms with van der Waals surface area (Å²) in [4.78, 5) is 11.9. The van der Waals surface area contributed by atoms with Crippen LogP contribution in [0.3, 0.4) is 0 Å². The number of rotatable bonds is 29. The Bertz CT molecular complexity index is 480. The zero-order valence-electron chi connectivity index (χ0n) is 24.7. The van der Waals surface area contributed by atoms with E-state index in [1.54, 1.807) is 0 Å². The Hall–Kier alpha value is -1.05. The lowest BCUT2D eigenvalue weighted by molar-refractivity contribution is -0.143. The molecule has 0 aliphatic rings. The Balaban J connectivity index is 3.22. The first-order chi connectivity index (χ1) is 17.8. The van der Waals surface area contributed by atoms with Gasteiger partial charge in [-0.3, -0.25) is 4.79 Å². The second-order valence-corrected chi connectivity index (χ2v) is 10.8. The summed E-state index contributed by atoms with van der Waals surface area (Å²) in [6.07, 6.45) is 42.2. The number of hydrogen-bond donors (Lipinski definition) is 0. The Morgan fingerprint density at radius 1 is 0.472 bits per heavy atom. The lowest BCUT2D eigenvalue weighted by atomic mass is 10.0. The minimum absolute atomic E-state index is 0.0145. The molecule has 0 aliphatic heterocycles. The fraction of sp³-hybridized carbons (Fsp3) is 0.853. The van der Waals surface area contributed by atoms with Gasteiger partial charge in [0.15, 0.2) is 0 Å². The molecule has 2 heteroatoms. The summed E-state index contributed by atoms with van der Waals surface area (Å²) in [6, 6.07) is 0. The van der Waals surface area contributed by atoms with E-state index in [2.05, 4.69) is 38.2 Å². The van der Waals surface area contributed by atoms with Crippen LogP contribution in [0.4, 0.5) is 0 Å². The van der Waals surface area contributed by atoms with Gasteiger partial charge in [-0.15, -0.1) is 0 Å². The van der Waals surface area contributed by atoms with Gasteiger partial charge in [-0.05, 0) is 44.9 Å². The zero-order chi connectivity index (χ0) is 26.2. The van der Waals surface area contributed by atoms with Crippen LogP contribution in [0.15, 0.2) is 24.3 Å². The number of hydrogen-bond acceptors (Lipinski definition) is 2. The van der Waals surface area contributed by atoms with E-state index in [0.29, 0.717) is 13.0 Å². The quantitative estimate of drug-likeness (QED) is 0.0575. The molecule has 0 radical (unpaired) electrons. The SMILES string of the molecule is CCCCC/C=C\C/C=C/CCCCCCCCOC(=O)CCCCCCCCCCCCCCC. The van der Waals surface area contributed by atoms with Gasteiger partial charge >= 0.3 is 5.97 Å². The van der Waals surface area contributed by atoms with Crippen LogP contribution >= 0.6 is 0 Å². The molecule has 0 rings (SSSR count). The van der Waals surface area contributed by atoms with Crippen LogP contribution in [-0.4, -0.2) is 12.6 Å². The van der Waals surface area contributed by atoms with Crippen LogP contribution in [-0.2, 0) is 9.53 Å². The maximum atomic E-state index is 11.9. The number of unbranched alkanes of at least 4 members (excludes halogenated alkanes) is 21. The van der Waals surface area contributed by atoms with E-state index in [9.17, 15) is 4.79 Å². The van der Waals surface area contributed by atoms with Gasteiger partial charge in [0.2, 0.25) is 0 Å². The molecule has 0 atom stereocenters. The van der Waals surface area contributed by atoms with Crippen molar-refractivity contribution in [3.8, 4) is 0 Å². The number of carbonyl (C=O) groups excluding carboxylic acids is 1. The van der Waals surface area contributed by atoms with Gasteiger partial charge < -0.3 is 4.74 Å². The first-order valence-electron chi connectivity index (χ1n) is 16.3. The highest BCUT2D eigenvalue weighted by atomic mass is 16.5. The van der Waals surface area contributed by atoms with Crippen LogP contribution in [0.2, 0.25) is 0 Å². The summed E-state index contributed by atoms with van der Waals surface area (Å²) in [6.45, 7) is 5.15. The summed E-state index contributed by atoms with van der Waals surface area (Å²) in [7, 11) is 0. The topological polar surface area (TPSA) is 26.3 Å². The van der Waals surface area contributed by atoms with Gasteiger partial charge in [-0.1, -0.05) is 154 Å². The van der Waals surface area contributed by atoms with E-state index in [0.717, 1.165) is 19.3 Å². The number of allylic oxidation sites excluding steroid dienone is 4. The summed E-state index contributed by atoms with van der Waals surface area (Å²) < 4.78 is 5.41. The molecule has 0 aromatic rings.